The van der Waals surface area contributed by atoms with Crippen LogP contribution in [-0.4, -0.2) is 24.9 Å². The molecule has 9 heavy (non-hydrogen) atoms. The molecule has 0 aliphatic carbocycles. The first kappa shape index (κ1) is 5.69. The number of ether oxygens (including phenoxy) is 2. The van der Waals surface area contributed by atoms with Gasteiger partial charge in [-0.3, -0.25) is 0 Å². The van der Waals surface area contributed by atoms with Gasteiger partial charge in [-0.05, 0) is 13.3 Å². The second-order valence-corrected chi connectivity index (χ2v) is 3.06. The molecule has 2 nitrogen and oxygen atoms in total. The highest BCUT2D eigenvalue weighted by Crippen LogP contribution is 2.36. The smallest absolute Gasteiger partial charge is 0.0937 e. The summed E-state index contributed by atoms with van der Waals surface area (Å²) in [7, 11) is 0. The molecule has 0 saturated carbocycles. The van der Waals surface area contributed by atoms with Crippen molar-refractivity contribution in [3.8, 4) is 0 Å². The summed E-state index contributed by atoms with van der Waals surface area (Å²) in [6.07, 6.45) is 2.58. The molecular weight excluding hydrogens is 116 g/mol. The topological polar surface area (TPSA) is 18.5 Å². The van der Waals surface area contributed by atoms with Crippen molar-refractivity contribution in [1.82, 2.24) is 0 Å². The van der Waals surface area contributed by atoms with Crippen LogP contribution in [0.1, 0.15) is 19.8 Å². The molecule has 2 atom stereocenters. The fourth-order valence-electron chi connectivity index (χ4n) is 1.69. The maximum atomic E-state index is 5.54. The van der Waals surface area contributed by atoms with E-state index >= 15 is 0 Å². The van der Waals surface area contributed by atoms with Gasteiger partial charge in [0.05, 0.1) is 18.3 Å². The Morgan fingerprint density at radius 2 is 2.33 bits per heavy atom. The Balaban J connectivity index is 2.17. The Bertz CT molecular complexity index is 112. The molecule has 0 bridgehead atoms. The number of fused-ring (bicyclic) bond motifs is 1. The summed E-state index contributed by atoms with van der Waals surface area (Å²) in [5.41, 5.74) is 0.0833. The molecule has 2 fully saturated rings. The van der Waals surface area contributed by atoms with Crippen LogP contribution in [0.15, 0.2) is 0 Å². The molecule has 2 aliphatic rings. The van der Waals surface area contributed by atoms with Crippen molar-refractivity contribution >= 4 is 0 Å². The van der Waals surface area contributed by atoms with Crippen LogP contribution in [0.5, 0.6) is 0 Å². The van der Waals surface area contributed by atoms with Crippen molar-refractivity contribution in [2.45, 2.75) is 31.5 Å². The van der Waals surface area contributed by atoms with Gasteiger partial charge in [0.15, 0.2) is 0 Å². The molecule has 0 amide bonds. The summed E-state index contributed by atoms with van der Waals surface area (Å²) in [6, 6.07) is 0. The third-order valence-electron chi connectivity index (χ3n) is 2.41. The highest BCUT2D eigenvalue weighted by Gasteiger charge is 2.44. The van der Waals surface area contributed by atoms with Crippen molar-refractivity contribution in [2.75, 3.05) is 13.2 Å². The van der Waals surface area contributed by atoms with E-state index in [9.17, 15) is 0 Å². The Labute approximate surface area is 55.1 Å². The predicted octanol–water partition coefficient (Wildman–Crippen LogP) is 0.954. The van der Waals surface area contributed by atoms with Crippen LogP contribution < -0.4 is 0 Å². The van der Waals surface area contributed by atoms with E-state index in [1.807, 2.05) is 0 Å². The van der Waals surface area contributed by atoms with Gasteiger partial charge in [0, 0.05) is 13.0 Å². The minimum atomic E-state index is 0.0833. The molecule has 0 aromatic carbocycles. The molecule has 0 N–H and O–H groups in total. The van der Waals surface area contributed by atoms with Crippen LogP contribution in [0, 0.1) is 0 Å². The molecule has 0 aromatic heterocycles. The van der Waals surface area contributed by atoms with Gasteiger partial charge in [-0.2, -0.15) is 0 Å². The van der Waals surface area contributed by atoms with E-state index in [0.29, 0.717) is 6.10 Å². The Hall–Kier alpha value is -0.0800. The highest BCUT2D eigenvalue weighted by molar-refractivity contribution is 4.93. The van der Waals surface area contributed by atoms with Gasteiger partial charge < -0.3 is 9.47 Å². The van der Waals surface area contributed by atoms with E-state index in [-0.39, 0.29) is 5.60 Å². The third-order valence-corrected chi connectivity index (χ3v) is 2.41. The quantitative estimate of drug-likeness (QED) is 0.483. The fraction of sp³-hybridized carbons (Fsp3) is 1.00. The van der Waals surface area contributed by atoms with Crippen molar-refractivity contribution < 1.29 is 9.47 Å². The van der Waals surface area contributed by atoms with Gasteiger partial charge in [0.1, 0.15) is 0 Å². The molecule has 2 heteroatoms. The largest absolute Gasteiger partial charge is 0.375 e. The van der Waals surface area contributed by atoms with Crippen molar-refractivity contribution in [1.29, 1.82) is 0 Å². The standard InChI is InChI=1S/C7H12O2/c1-7-3-5-8-6(7)2-4-9-7/h6H,2-5H2,1H3/t6?,7-/m1/s1. The SMILES string of the molecule is C[C@@]12CCOC1CCO2. The summed E-state index contributed by atoms with van der Waals surface area (Å²) in [6.45, 7) is 3.93. The molecule has 2 heterocycles. The zero-order valence-electron chi connectivity index (χ0n) is 5.72. The highest BCUT2D eigenvalue weighted by atomic mass is 16.6. The lowest BCUT2D eigenvalue weighted by Crippen LogP contribution is -2.30. The van der Waals surface area contributed by atoms with Gasteiger partial charge >= 0.3 is 0 Å². The van der Waals surface area contributed by atoms with Crippen molar-refractivity contribution in [3.05, 3.63) is 0 Å². The summed E-state index contributed by atoms with van der Waals surface area (Å²) in [5.74, 6) is 0. The van der Waals surface area contributed by atoms with E-state index in [2.05, 4.69) is 6.92 Å². The normalized spacial score (nSPS) is 49.7. The zero-order chi connectivity index (χ0) is 6.32. The average Bonchev–Trinajstić information content (AvgIpc) is 2.22. The molecule has 2 saturated heterocycles. The molecule has 0 spiro atoms. The second kappa shape index (κ2) is 1.70. The predicted molar refractivity (Wildman–Crippen MR) is 33.3 cm³/mol. The van der Waals surface area contributed by atoms with Gasteiger partial charge in [-0.1, -0.05) is 0 Å². The maximum absolute atomic E-state index is 5.54. The number of hydrogen-bond acceptors (Lipinski definition) is 2. The van der Waals surface area contributed by atoms with Crippen LogP contribution in [0.3, 0.4) is 0 Å². The summed E-state index contributed by atoms with van der Waals surface area (Å²) in [5, 5.41) is 0. The maximum Gasteiger partial charge on any atom is 0.0937 e. The molecule has 52 valence electrons. The lowest BCUT2D eigenvalue weighted by atomic mass is 9.99. The molecule has 2 aliphatic heterocycles. The van der Waals surface area contributed by atoms with Gasteiger partial charge in [0.25, 0.3) is 0 Å². The van der Waals surface area contributed by atoms with Crippen molar-refractivity contribution in [3.63, 3.8) is 0 Å². The first-order valence-electron chi connectivity index (χ1n) is 3.57. The number of rotatable bonds is 0. The van der Waals surface area contributed by atoms with Crippen LogP contribution in [0.2, 0.25) is 0 Å². The van der Waals surface area contributed by atoms with Crippen LogP contribution >= 0.6 is 0 Å². The Morgan fingerprint density at radius 3 is 3.11 bits per heavy atom. The molecule has 1 unspecified atom stereocenters. The van der Waals surface area contributed by atoms with Gasteiger partial charge in [0.2, 0.25) is 0 Å². The monoisotopic (exact) mass is 128 g/mol. The minimum Gasteiger partial charge on any atom is -0.375 e. The van der Waals surface area contributed by atoms with E-state index in [0.717, 1.165) is 26.1 Å². The van der Waals surface area contributed by atoms with Gasteiger partial charge in [-0.15, -0.1) is 0 Å². The Kier molecular flexibility index (Phi) is 1.08. The van der Waals surface area contributed by atoms with E-state index < -0.39 is 0 Å². The van der Waals surface area contributed by atoms with E-state index in [1.165, 1.54) is 0 Å². The van der Waals surface area contributed by atoms with Crippen LogP contribution in [-0.2, 0) is 9.47 Å². The summed E-state index contributed by atoms with van der Waals surface area (Å²) in [4.78, 5) is 0. The first-order valence-corrected chi connectivity index (χ1v) is 3.57. The van der Waals surface area contributed by atoms with Crippen molar-refractivity contribution in [2.24, 2.45) is 0 Å². The van der Waals surface area contributed by atoms with E-state index in [4.69, 9.17) is 9.47 Å². The Morgan fingerprint density at radius 1 is 1.44 bits per heavy atom. The van der Waals surface area contributed by atoms with Crippen LogP contribution in [0.25, 0.3) is 0 Å². The average molecular weight is 128 g/mol. The fourth-order valence-corrected chi connectivity index (χ4v) is 1.69. The molecule has 0 radical (unpaired) electrons. The summed E-state index contributed by atoms with van der Waals surface area (Å²) >= 11 is 0. The lowest BCUT2D eigenvalue weighted by molar-refractivity contribution is -0.00576. The van der Waals surface area contributed by atoms with Crippen LogP contribution in [0.4, 0.5) is 0 Å². The van der Waals surface area contributed by atoms with Gasteiger partial charge in [-0.25, -0.2) is 0 Å². The second-order valence-electron chi connectivity index (χ2n) is 3.06. The lowest BCUT2D eigenvalue weighted by Gasteiger charge is -2.19. The third kappa shape index (κ3) is 0.700. The minimum absolute atomic E-state index is 0.0833. The summed E-state index contributed by atoms with van der Waals surface area (Å²) < 4.78 is 11.0. The number of hydrogen-bond donors (Lipinski definition) is 0. The van der Waals surface area contributed by atoms with E-state index in [1.54, 1.807) is 0 Å². The molecule has 0 aromatic rings. The molecule has 2 rings (SSSR count). The first-order chi connectivity index (χ1) is 4.31. The zero-order valence-corrected chi connectivity index (χ0v) is 5.72. The molecular formula is C7H12O2.